The minimum Gasteiger partial charge on any atom is -0.495 e. The molecular weight excluding hydrogens is 298 g/mol. The highest BCUT2D eigenvalue weighted by molar-refractivity contribution is 5.90. The number of nitrogens with zero attached hydrogens (tertiary/aromatic N) is 2. The number of hydrogen-bond donors (Lipinski definition) is 2. The second-order valence-electron chi connectivity index (χ2n) is 5.61. The Kier molecular flexibility index (Phi) is 5.81. The number of para-hydroxylation sites is 2. The number of benzene rings is 1. The van der Waals surface area contributed by atoms with Gasteiger partial charge in [-0.2, -0.15) is 0 Å². The molecule has 1 aliphatic rings. The normalized spacial score (nSPS) is 15.4. The van der Waals surface area contributed by atoms with Gasteiger partial charge in [0, 0.05) is 33.1 Å². The van der Waals surface area contributed by atoms with Crippen LogP contribution < -0.4 is 10.1 Å². The molecule has 0 radical (unpaired) electrons. The van der Waals surface area contributed by atoms with Crippen LogP contribution in [0.5, 0.6) is 5.75 Å². The van der Waals surface area contributed by atoms with Gasteiger partial charge in [-0.1, -0.05) is 12.1 Å². The monoisotopic (exact) mass is 321 g/mol. The number of anilines is 1. The molecule has 23 heavy (non-hydrogen) atoms. The summed E-state index contributed by atoms with van der Waals surface area (Å²) in [5.41, 5.74) is 0.566. The van der Waals surface area contributed by atoms with E-state index in [1.165, 1.54) is 12.0 Å². The number of rotatable bonds is 6. The second-order valence-corrected chi connectivity index (χ2v) is 5.61. The van der Waals surface area contributed by atoms with E-state index in [-0.39, 0.29) is 25.0 Å². The lowest BCUT2D eigenvalue weighted by atomic mass is 10.3. The average Bonchev–Trinajstić information content (AvgIpc) is 2.92. The zero-order valence-electron chi connectivity index (χ0n) is 13.5. The molecule has 7 nitrogen and oxygen atoms in total. The van der Waals surface area contributed by atoms with Crippen LogP contribution in [0.3, 0.4) is 0 Å². The average molecular weight is 321 g/mol. The van der Waals surface area contributed by atoms with E-state index < -0.39 is 6.10 Å². The van der Waals surface area contributed by atoms with Crippen LogP contribution in [0.4, 0.5) is 10.5 Å². The number of methoxy groups -OCH3 is 1. The third kappa shape index (κ3) is 4.59. The van der Waals surface area contributed by atoms with Crippen molar-refractivity contribution < 1.29 is 19.4 Å². The molecule has 2 rings (SSSR count). The molecule has 1 heterocycles. The Morgan fingerprint density at radius 3 is 2.87 bits per heavy atom. The minimum absolute atomic E-state index is 0.0603. The van der Waals surface area contributed by atoms with E-state index >= 15 is 0 Å². The summed E-state index contributed by atoms with van der Waals surface area (Å²) in [6, 6.07) is 6.76. The number of amides is 3. The molecule has 126 valence electrons. The Balaban J connectivity index is 1.85. The van der Waals surface area contributed by atoms with Gasteiger partial charge in [-0.3, -0.25) is 4.79 Å². The number of likely N-dealkylation sites (tertiary alicyclic amines) is 1. The number of carbonyl (C=O) groups is 2. The van der Waals surface area contributed by atoms with Crippen LogP contribution in [0.25, 0.3) is 0 Å². The van der Waals surface area contributed by atoms with Crippen LogP contribution in [-0.2, 0) is 4.79 Å². The first-order chi connectivity index (χ1) is 11.0. The number of carbonyl (C=O) groups excluding carboxylic acids is 2. The third-order valence-corrected chi connectivity index (χ3v) is 3.78. The van der Waals surface area contributed by atoms with Gasteiger partial charge >= 0.3 is 6.03 Å². The summed E-state index contributed by atoms with van der Waals surface area (Å²) in [5.74, 6) is 0.627. The summed E-state index contributed by atoms with van der Waals surface area (Å²) in [4.78, 5) is 26.8. The van der Waals surface area contributed by atoms with Crippen LogP contribution in [0.2, 0.25) is 0 Å². The molecule has 2 N–H and O–H groups in total. The van der Waals surface area contributed by atoms with Gasteiger partial charge in [0.2, 0.25) is 5.91 Å². The Hall–Kier alpha value is -2.28. The lowest BCUT2D eigenvalue weighted by Crippen LogP contribution is -2.42. The molecule has 0 bridgehead atoms. The van der Waals surface area contributed by atoms with E-state index in [1.54, 1.807) is 30.1 Å². The molecule has 0 aromatic heterocycles. The summed E-state index contributed by atoms with van der Waals surface area (Å²) in [7, 11) is 3.13. The van der Waals surface area contributed by atoms with E-state index in [0.29, 0.717) is 24.4 Å². The third-order valence-electron chi connectivity index (χ3n) is 3.78. The summed E-state index contributed by atoms with van der Waals surface area (Å²) in [5, 5.41) is 12.8. The van der Waals surface area contributed by atoms with Gasteiger partial charge in [0.15, 0.2) is 0 Å². The first-order valence-corrected chi connectivity index (χ1v) is 7.62. The van der Waals surface area contributed by atoms with Crippen LogP contribution in [0.1, 0.15) is 12.8 Å². The van der Waals surface area contributed by atoms with E-state index in [0.717, 1.165) is 6.42 Å². The maximum absolute atomic E-state index is 12.2. The van der Waals surface area contributed by atoms with Gasteiger partial charge in [-0.05, 0) is 18.6 Å². The molecule has 1 unspecified atom stereocenters. The van der Waals surface area contributed by atoms with Crippen molar-refractivity contribution in [2.75, 3.05) is 39.1 Å². The van der Waals surface area contributed by atoms with Crippen molar-refractivity contribution in [2.24, 2.45) is 0 Å². The van der Waals surface area contributed by atoms with E-state index in [1.807, 2.05) is 6.07 Å². The highest BCUT2D eigenvalue weighted by Gasteiger charge is 2.24. The first kappa shape index (κ1) is 17.1. The van der Waals surface area contributed by atoms with Crippen molar-refractivity contribution in [3.8, 4) is 5.75 Å². The topological polar surface area (TPSA) is 82.1 Å². The van der Waals surface area contributed by atoms with Crippen molar-refractivity contribution >= 4 is 17.6 Å². The van der Waals surface area contributed by atoms with Gasteiger partial charge in [-0.15, -0.1) is 0 Å². The minimum atomic E-state index is -0.773. The molecule has 7 heteroatoms. The van der Waals surface area contributed by atoms with Crippen molar-refractivity contribution in [3.05, 3.63) is 24.3 Å². The van der Waals surface area contributed by atoms with Crippen LogP contribution in [0.15, 0.2) is 24.3 Å². The Morgan fingerprint density at radius 2 is 2.22 bits per heavy atom. The summed E-state index contributed by atoms with van der Waals surface area (Å²) >= 11 is 0. The number of ether oxygens (including phenoxy) is 1. The fourth-order valence-electron chi connectivity index (χ4n) is 2.57. The lowest BCUT2D eigenvalue weighted by molar-refractivity contribution is -0.128. The van der Waals surface area contributed by atoms with E-state index in [9.17, 15) is 14.7 Å². The largest absolute Gasteiger partial charge is 0.495 e. The summed E-state index contributed by atoms with van der Waals surface area (Å²) < 4.78 is 5.18. The Labute approximate surface area is 135 Å². The van der Waals surface area contributed by atoms with Gasteiger partial charge in [-0.25, -0.2) is 4.79 Å². The SMILES string of the molecule is COc1ccccc1NC(=O)N(C)CC(O)CN1CCCC1=O. The van der Waals surface area contributed by atoms with Gasteiger partial charge < -0.3 is 25.0 Å². The Bertz CT molecular complexity index is 564. The molecule has 0 saturated carbocycles. The van der Waals surface area contributed by atoms with Crippen LogP contribution in [-0.4, -0.2) is 66.7 Å². The van der Waals surface area contributed by atoms with Gasteiger partial charge in [0.1, 0.15) is 5.75 Å². The van der Waals surface area contributed by atoms with Crippen molar-refractivity contribution in [2.45, 2.75) is 18.9 Å². The predicted octanol–water partition coefficient (Wildman–Crippen LogP) is 1.14. The zero-order valence-corrected chi connectivity index (χ0v) is 13.5. The smallest absolute Gasteiger partial charge is 0.321 e. The number of hydrogen-bond acceptors (Lipinski definition) is 4. The number of aliphatic hydroxyl groups excluding tert-OH is 1. The van der Waals surface area contributed by atoms with Gasteiger partial charge in [0.05, 0.1) is 18.9 Å². The number of urea groups is 1. The highest BCUT2D eigenvalue weighted by Crippen LogP contribution is 2.23. The molecule has 1 aliphatic heterocycles. The maximum atomic E-state index is 12.2. The number of nitrogens with one attached hydrogen (secondary N) is 1. The molecule has 0 spiro atoms. The lowest BCUT2D eigenvalue weighted by Gasteiger charge is -2.25. The fourth-order valence-corrected chi connectivity index (χ4v) is 2.57. The molecule has 1 saturated heterocycles. The molecule has 1 fully saturated rings. The maximum Gasteiger partial charge on any atom is 0.321 e. The van der Waals surface area contributed by atoms with Crippen molar-refractivity contribution in [1.82, 2.24) is 9.80 Å². The van der Waals surface area contributed by atoms with E-state index in [2.05, 4.69) is 5.32 Å². The quantitative estimate of drug-likeness (QED) is 0.823. The number of aliphatic hydroxyl groups is 1. The molecule has 0 aliphatic carbocycles. The zero-order chi connectivity index (χ0) is 16.8. The number of β-amino-alcohol motifs (C(OH)–C–C–N with tert-alkyl or cyclic N) is 1. The highest BCUT2D eigenvalue weighted by atomic mass is 16.5. The fraction of sp³-hybridized carbons (Fsp3) is 0.500. The molecule has 3 amide bonds. The van der Waals surface area contributed by atoms with E-state index in [4.69, 9.17) is 4.74 Å². The van der Waals surface area contributed by atoms with Crippen LogP contribution >= 0.6 is 0 Å². The molecule has 1 atom stereocenters. The predicted molar refractivity (Wildman–Crippen MR) is 86.5 cm³/mol. The summed E-state index contributed by atoms with van der Waals surface area (Å²) in [6.07, 6.45) is 0.595. The first-order valence-electron chi connectivity index (χ1n) is 7.62. The van der Waals surface area contributed by atoms with Crippen molar-refractivity contribution in [1.29, 1.82) is 0 Å². The Morgan fingerprint density at radius 1 is 1.48 bits per heavy atom. The molecule has 1 aromatic rings. The van der Waals surface area contributed by atoms with Crippen molar-refractivity contribution in [3.63, 3.8) is 0 Å². The van der Waals surface area contributed by atoms with Gasteiger partial charge in [0.25, 0.3) is 0 Å². The molecule has 1 aromatic carbocycles. The second kappa shape index (κ2) is 7.82. The number of likely N-dealkylation sites (N-methyl/N-ethyl adjacent to an activating group) is 1. The standard InChI is InChI=1S/C16H23N3O4/c1-18(10-12(20)11-19-9-5-8-15(19)21)16(22)17-13-6-3-4-7-14(13)23-2/h3-4,6-7,12,20H,5,8-11H2,1-2H3,(H,17,22). The molecular formula is C16H23N3O4. The van der Waals surface area contributed by atoms with Crippen LogP contribution in [0, 0.1) is 0 Å². The summed E-state index contributed by atoms with van der Waals surface area (Å²) in [6.45, 7) is 1.07.